The summed E-state index contributed by atoms with van der Waals surface area (Å²) in [6.07, 6.45) is 1.34. The van der Waals surface area contributed by atoms with Crippen molar-refractivity contribution in [3.05, 3.63) is 11.9 Å². The summed E-state index contributed by atoms with van der Waals surface area (Å²) in [5.41, 5.74) is 11.0. The molecule has 1 rings (SSSR count). The van der Waals surface area contributed by atoms with Crippen LogP contribution in [0.4, 0.5) is 11.6 Å². The Labute approximate surface area is 104 Å². The van der Waals surface area contributed by atoms with Gasteiger partial charge in [0.25, 0.3) is 0 Å². The maximum atomic E-state index is 11.0. The van der Waals surface area contributed by atoms with Gasteiger partial charge in [0.15, 0.2) is 0 Å². The fourth-order valence-corrected chi connectivity index (χ4v) is 1.59. The van der Waals surface area contributed by atoms with Gasteiger partial charge in [-0.2, -0.15) is 0 Å². The first kappa shape index (κ1) is 13.7. The normalized spacial score (nSPS) is 9.89. The monoisotopic (exact) mass is 252 g/mol. The summed E-state index contributed by atoms with van der Waals surface area (Å²) >= 11 is 0. The highest BCUT2D eigenvalue weighted by atomic mass is 16.2. The molecule has 8 heteroatoms. The van der Waals surface area contributed by atoms with Crippen LogP contribution in [-0.2, 0) is 9.59 Å². The Hall–Kier alpha value is -2.38. The number of hydrogen-bond donors (Lipinski definition) is 3. The number of primary amides is 2. The molecule has 1 heterocycles. The Balaban J connectivity index is 3.11. The van der Waals surface area contributed by atoms with Gasteiger partial charge in [0, 0.05) is 12.6 Å². The Morgan fingerprint density at radius 2 is 1.83 bits per heavy atom. The Morgan fingerprint density at radius 1 is 1.28 bits per heavy atom. The van der Waals surface area contributed by atoms with E-state index in [0.717, 1.165) is 0 Å². The molecule has 0 fully saturated rings. The molecule has 0 aromatic carbocycles. The van der Waals surface area contributed by atoms with E-state index in [9.17, 15) is 9.59 Å². The van der Waals surface area contributed by atoms with E-state index in [4.69, 9.17) is 11.5 Å². The van der Waals surface area contributed by atoms with Crippen LogP contribution in [0.25, 0.3) is 0 Å². The number of rotatable bonds is 6. The number of amides is 2. The van der Waals surface area contributed by atoms with Gasteiger partial charge in [0.05, 0.1) is 13.1 Å². The summed E-state index contributed by atoms with van der Waals surface area (Å²) in [6, 6.07) is 0. The first-order valence-electron chi connectivity index (χ1n) is 5.26. The summed E-state index contributed by atoms with van der Waals surface area (Å²) in [5.74, 6) is -0.0774. The molecule has 0 atom stereocenters. The Bertz CT molecular complexity index is 446. The molecule has 0 aliphatic rings. The molecule has 0 aliphatic heterocycles. The van der Waals surface area contributed by atoms with E-state index in [-0.39, 0.29) is 13.1 Å². The molecule has 2 amide bonds. The largest absolute Gasteiger partial charge is 0.373 e. The van der Waals surface area contributed by atoms with E-state index in [1.165, 1.54) is 11.2 Å². The van der Waals surface area contributed by atoms with Gasteiger partial charge >= 0.3 is 0 Å². The molecule has 1 aromatic heterocycles. The predicted molar refractivity (Wildman–Crippen MR) is 66.9 cm³/mol. The Morgan fingerprint density at radius 3 is 2.28 bits per heavy atom. The number of carbonyl (C=O) groups excluding carboxylic acids is 2. The van der Waals surface area contributed by atoms with Crippen LogP contribution >= 0.6 is 0 Å². The van der Waals surface area contributed by atoms with E-state index >= 15 is 0 Å². The van der Waals surface area contributed by atoms with Crippen LogP contribution in [0, 0.1) is 6.92 Å². The first-order chi connectivity index (χ1) is 8.45. The third-order valence-electron chi connectivity index (χ3n) is 2.29. The standard InChI is InChI=1S/C10H16N6O2/c1-6-9(13-2)14-5-15-10(6)16(3-7(11)17)4-8(12)18/h5H,3-4H2,1-2H3,(H2,11,17)(H2,12,18)(H,13,14,15). The van der Waals surface area contributed by atoms with Crippen LogP contribution in [0.3, 0.4) is 0 Å². The molecular formula is C10H16N6O2. The zero-order valence-corrected chi connectivity index (χ0v) is 10.3. The third kappa shape index (κ3) is 3.30. The highest BCUT2D eigenvalue weighted by Crippen LogP contribution is 2.21. The van der Waals surface area contributed by atoms with Crippen LogP contribution < -0.4 is 21.7 Å². The molecule has 0 unspecified atom stereocenters. The van der Waals surface area contributed by atoms with Gasteiger partial charge in [-0.1, -0.05) is 0 Å². The number of carbonyl (C=O) groups is 2. The average molecular weight is 252 g/mol. The van der Waals surface area contributed by atoms with Gasteiger partial charge < -0.3 is 21.7 Å². The SMILES string of the molecule is CNc1ncnc(N(CC(N)=O)CC(N)=O)c1C. The van der Waals surface area contributed by atoms with Crippen LogP contribution in [0.1, 0.15) is 5.56 Å². The minimum atomic E-state index is -0.569. The minimum Gasteiger partial charge on any atom is -0.373 e. The van der Waals surface area contributed by atoms with Crippen molar-refractivity contribution in [2.24, 2.45) is 11.5 Å². The van der Waals surface area contributed by atoms with Crippen molar-refractivity contribution in [1.29, 1.82) is 0 Å². The van der Waals surface area contributed by atoms with E-state index in [1.807, 2.05) is 0 Å². The van der Waals surface area contributed by atoms with Crippen molar-refractivity contribution < 1.29 is 9.59 Å². The van der Waals surface area contributed by atoms with Crippen molar-refractivity contribution in [1.82, 2.24) is 9.97 Å². The third-order valence-corrected chi connectivity index (χ3v) is 2.29. The van der Waals surface area contributed by atoms with Crippen molar-refractivity contribution in [3.63, 3.8) is 0 Å². The second-order valence-corrected chi connectivity index (χ2v) is 3.71. The quantitative estimate of drug-likeness (QED) is 0.571. The molecule has 0 saturated carbocycles. The van der Waals surface area contributed by atoms with Crippen LogP contribution in [0.15, 0.2) is 6.33 Å². The number of nitrogens with one attached hydrogen (secondary N) is 1. The minimum absolute atomic E-state index is 0.135. The summed E-state index contributed by atoms with van der Waals surface area (Å²) < 4.78 is 0. The van der Waals surface area contributed by atoms with E-state index in [1.54, 1.807) is 14.0 Å². The fourth-order valence-electron chi connectivity index (χ4n) is 1.59. The fraction of sp³-hybridized carbons (Fsp3) is 0.400. The maximum Gasteiger partial charge on any atom is 0.237 e. The van der Waals surface area contributed by atoms with Crippen molar-refractivity contribution in [2.45, 2.75) is 6.92 Å². The number of nitrogens with two attached hydrogens (primary N) is 2. The topological polar surface area (TPSA) is 127 Å². The molecule has 0 spiro atoms. The van der Waals surface area contributed by atoms with E-state index in [0.29, 0.717) is 17.2 Å². The summed E-state index contributed by atoms with van der Waals surface area (Å²) in [7, 11) is 1.71. The molecule has 0 aliphatic carbocycles. The lowest BCUT2D eigenvalue weighted by Crippen LogP contribution is -2.40. The molecule has 1 aromatic rings. The lowest BCUT2D eigenvalue weighted by molar-refractivity contribution is -0.117. The summed E-state index contributed by atoms with van der Waals surface area (Å²) in [4.78, 5) is 31.5. The number of aromatic nitrogens is 2. The molecular weight excluding hydrogens is 236 g/mol. The van der Waals surface area contributed by atoms with Gasteiger partial charge in [-0.3, -0.25) is 9.59 Å². The van der Waals surface area contributed by atoms with Crippen molar-refractivity contribution in [3.8, 4) is 0 Å². The predicted octanol–water partition coefficient (Wildman–Crippen LogP) is -1.40. The van der Waals surface area contributed by atoms with Gasteiger partial charge in [0.2, 0.25) is 11.8 Å². The maximum absolute atomic E-state index is 11.0. The first-order valence-corrected chi connectivity index (χ1v) is 5.26. The number of anilines is 2. The molecule has 0 bridgehead atoms. The van der Waals surface area contributed by atoms with Crippen LogP contribution in [0.2, 0.25) is 0 Å². The lowest BCUT2D eigenvalue weighted by Gasteiger charge is -2.22. The molecule has 8 nitrogen and oxygen atoms in total. The zero-order valence-electron chi connectivity index (χ0n) is 10.3. The van der Waals surface area contributed by atoms with Gasteiger partial charge in [-0.15, -0.1) is 0 Å². The molecule has 18 heavy (non-hydrogen) atoms. The summed E-state index contributed by atoms with van der Waals surface area (Å²) in [5, 5.41) is 2.89. The number of nitrogens with zero attached hydrogens (tertiary/aromatic N) is 3. The van der Waals surface area contributed by atoms with Crippen LogP contribution in [-0.4, -0.2) is 41.9 Å². The van der Waals surface area contributed by atoms with E-state index in [2.05, 4.69) is 15.3 Å². The number of hydrogen-bond acceptors (Lipinski definition) is 6. The lowest BCUT2D eigenvalue weighted by atomic mass is 10.2. The Kier molecular flexibility index (Phi) is 4.41. The summed E-state index contributed by atoms with van der Waals surface area (Å²) in [6.45, 7) is 1.50. The van der Waals surface area contributed by atoms with Gasteiger partial charge in [0.1, 0.15) is 18.0 Å². The molecule has 0 saturated heterocycles. The van der Waals surface area contributed by atoms with Crippen molar-refractivity contribution in [2.75, 3.05) is 30.4 Å². The van der Waals surface area contributed by atoms with Crippen LogP contribution in [0.5, 0.6) is 0 Å². The van der Waals surface area contributed by atoms with Gasteiger partial charge in [-0.25, -0.2) is 9.97 Å². The molecule has 5 N–H and O–H groups in total. The highest BCUT2D eigenvalue weighted by molar-refractivity contribution is 5.85. The van der Waals surface area contributed by atoms with E-state index < -0.39 is 11.8 Å². The second-order valence-electron chi connectivity index (χ2n) is 3.71. The molecule has 98 valence electrons. The smallest absolute Gasteiger partial charge is 0.237 e. The van der Waals surface area contributed by atoms with Crippen molar-refractivity contribution >= 4 is 23.5 Å². The highest BCUT2D eigenvalue weighted by Gasteiger charge is 2.17. The van der Waals surface area contributed by atoms with Gasteiger partial charge in [-0.05, 0) is 6.92 Å². The second kappa shape index (κ2) is 5.80. The molecule has 0 radical (unpaired) electrons. The zero-order chi connectivity index (χ0) is 13.7. The average Bonchev–Trinajstić information content (AvgIpc) is 2.27.